The molecular formula is C25H30O6. The molecule has 0 radical (unpaired) electrons. The number of hydrogen-bond acceptors (Lipinski definition) is 5. The average Bonchev–Trinajstić information content (AvgIpc) is 2.79. The van der Waals surface area contributed by atoms with Crippen LogP contribution in [0.4, 0.5) is 0 Å². The second-order valence-electron chi connectivity index (χ2n) is 7.02. The second kappa shape index (κ2) is 12.0. The Morgan fingerprint density at radius 3 is 2.65 bits per heavy atom. The molecule has 6 nitrogen and oxygen atoms in total. The number of allylic oxidation sites excluding steroid dienone is 3. The number of aliphatic carboxylic acids is 1. The zero-order valence-corrected chi connectivity index (χ0v) is 18.5. The lowest BCUT2D eigenvalue weighted by atomic mass is 9.94. The van der Waals surface area contributed by atoms with E-state index in [1.165, 1.54) is 0 Å². The maximum atomic E-state index is 11.4. The highest BCUT2D eigenvalue weighted by Gasteiger charge is 2.28. The zero-order valence-electron chi connectivity index (χ0n) is 18.5. The molecule has 0 saturated heterocycles. The molecular weight excluding hydrogens is 396 g/mol. The van der Waals surface area contributed by atoms with Crippen molar-refractivity contribution in [2.75, 3.05) is 27.4 Å². The standard InChI is InChI=1S/C25H30O6/c1-5-30-23(24(26)27)19(2)20-11-13-21(14-12-20)31-17-8-6-7-15-25(29-4)16-9-10-22(18-25)28-3/h6,8-14,16,19,23H,5,17-18H2,1-4H3,(H,26,27)/b8-6-/t19?,23-,25?/m0/s1. The van der Waals surface area contributed by atoms with E-state index < -0.39 is 17.7 Å². The number of hydrogen-bond donors (Lipinski definition) is 1. The lowest BCUT2D eigenvalue weighted by molar-refractivity contribution is -0.151. The van der Waals surface area contributed by atoms with Crippen molar-refractivity contribution >= 4 is 5.97 Å². The van der Waals surface area contributed by atoms with Crippen molar-refractivity contribution in [1.29, 1.82) is 0 Å². The molecule has 1 N–H and O–H groups in total. The highest BCUT2D eigenvalue weighted by molar-refractivity contribution is 5.73. The zero-order chi connectivity index (χ0) is 22.7. The Balaban J connectivity index is 1.89. The maximum absolute atomic E-state index is 11.4. The average molecular weight is 427 g/mol. The van der Waals surface area contributed by atoms with Gasteiger partial charge in [-0.05, 0) is 48.9 Å². The molecule has 1 aromatic rings. The Kier molecular flexibility index (Phi) is 9.39. The lowest BCUT2D eigenvalue weighted by Crippen LogP contribution is -2.29. The molecule has 0 aliphatic heterocycles. The van der Waals surface area contributed by atoms with Gasteiger partial charge in [0.2, 0.25) is 0 Å². The van der Waals surface area contributed by atoms with Crippen LogP contribution in [0.1, 0.15) is 31.7 Å². The van der Waals surface area contributed by atoms with Crippen LogP contribution in [0, 0.1) is 11.8 Å². The van der Waals surface area contributed by atoms with E-state index in [0.717, 1.165) is 11.3 Å². The summed E-state index contributed by atoms with van der Waals surface area (Å²) in [5, 5.41) is 9.33. The summed E-state index contributed by atoms with van der Waals surface area (Å²) >= 11 is 0. The summed E-state index contributed by atoms with van der Waals surface area (Å²) in [6.45, 7) is 4.33. The van der Waals surface area contributed by atoms with Gasteiger partial charge < -0.3 is 24.1 Å². The number of rotatable bonds is 10. The number of carboxylic acid groups (broad SMARTS) is 1. The summed E-state index contributed by atoms with van der Waals surface area (Å²) in [6.07, 6.45) is 8.93. The first-order chi connectivity index (χ1) is 14.9. The molecule has 1 aliphatic carbocycles. The van der Waals surface area contributed by atoms with Crippen molar-refractivity contribution in [2.45, 2.75) is 37.9 Å². The van der Waals surface area contributed by atoms with E-state index in [4.69, 9.17) is 18.9 Å². The molecule has 1 aromatic carbocycles. The first-order valence-corrected chi connectivity index (χ1v) is 10.2. The molecule has 1 aliphatic rings. The van der Waals surface area contributed by atoms with E-state index in [1.54, 1.807) is 27.2 Å². The minimum atomic E-state index is -0.964. The molecule has 31 heavy (non-hydrogen) atoms. The summed E-state index contributed by atoms with van der Waals surface area (Å²) in [4.78, 5) is 11.4. The van der Waals surface area contributed by atoms with Gasteiger partial charge in [0, 0.05) is 26.1 Å². The molecule has 0 amide bonds. The summed E-state index contributed by atoms with van der Waals surface area (Å²) in [5.74, 6) is 6.39. The molecule has 0 fully saturated rings. The van der Waals surface area contributed by atoms with Crippen molar-refractivity contribution in [2.24, 2.45) is 0 Å². The molecule has 166 valence electrons. The summed E-state index contributed by atoms with van der Waals surface area (Å²) < 4.78 is 21.9. The maximum Gasteiger partial charge on any atom is 0.333 e. The highest BCUT2D eigenvalue weighted by atomic mass is 16.5. The number of benzene rings is 1. The van der Waals surface area contributed by atoms with Crippen LogP contribution in [0.2, 0.25) is 0 Å². The van der Waals surface area contributed by atoms with Gasteiger partial charge >= 0.3 is 5.97 Å². The minimum absolute atomic E-state index is 0.267. The van der Waals surface area contributed by atoms with Gasteiger partial charge in [0.15, 0.2) is 11.7 Å². The number of methoxy groups -OCH3 is 2. The quantitative estimate of drug-likeness (QED) is 0.568. The monoisotopic (exact) mass is 426 g/mol. The Morgan fingerprint density at radius 2 is 2.03 bits per heavy atom. The van der Waals surface area contributed by atoms with Crippen molar-refractivity contribution in [3.05, 3.63) is 66.0 Å². The normalized spacial score (nSPS) is 19.8. The molecule has 0 spiro atoms. The topological polar surface area (TPSA) is 74.2 Å². The minimum Gasteiger partial charge on any atom is -0.501 e. The van der Waals surface area contributed by atoms with Crippen LogP contribution in [0.3, 0.4) is 0 Å². The van der Waals surface area contributed by atoms with Crippen LogP contribution >= 0.6 is 0 Å². The van der Waals surface area contributed by atoms with Crippen molar-refractivity contribution < 1.29 is 28.8 Å². The van der Waals surface area contributed by atoms with Crippen LogP contribution in [0.25, 0.3) is 0 Å². The van der Waals surface area contributed by atoms with Crippen molar-refractivity contribution in [1.82, 2.24) is 0 Å². The van der Waals surface area contributed by atoms with Crippen molar-refractivity contribution in [3.8, 4) is 17.6 Å². The van der Waals surface area contributed by atoms with E-state index in [-0.39, 0.29) is 5.92 Å². The first-order valence-electron chi connectivity index (χ1n) is 10.2. The Bertz CT molecular complexity index is 872. The Morgan fingerprint density at radius 1 is 1.29 bits per heavy atom. The van der Waals surface area contributed by atoms with Crippen molar-refractivity contribution in [3.63, 3.8) is 0 Å². The Labute approximate surface area is 184 Å². The number of carbonyl (C=O) groups is 1. The summed E-state index contributed by atoms with van der Waals surface area (Å²) in [6, 6.07) is 7.36. The Hall–Kier alpha value is -3.01. The van der Waals surface area contributed by atoms with Gasteiger partial charge in [-0.3, -0.25) is 0 Å². The molecule has 6 heteroatoms. The fourth-order valence-corrected chi connectivity index (χ4v) is 3.17. The lowest BCUT2D eigenvalue weighted by Gasteiger charge is -2.26. The number of ether oxygens (including phenoxy) is 4. The predicted molar refractivity (Wildman–Crippen MR) is 119 cm³/mol. The van der Waals surface area contributed by atoms with Crippen LogP contribution in [0.15, 0.2) is 60.4 Å². The third kappa shape index (κ3) is 7.02. The van der Waals surface area contributed by atoms with Gasteiger partial charge in [0.05, 0.1) is 12.9 Å². The third-order valence-electron chi connectivity index (χ3n) is 4.99. The van der Waals surface area contributed by atoms with Crippen LogP contribution in [-0.2, 0) is 19.0 Å². The van der Waals surface area contributed by atoms with Gasteiger partial charge in [0.1, 0.15) is 12.4 Å². The fraction of sp³-hybridized carbons (Fsp3) is 0.400. The molecule has 0 bridgehead atoms. The van der Waals surface area contributed by atoms with E-state index in [0.29, 0.717) is 25.4 Å². The van der Waals surface area contributed by atoms with E-state index in [2.05, 4.69) is 11.8 Å². The van der Waals surface area contributed by atoms with Gasteiger partial charge in [-0.15, -0.1) is 0 Å². The SMILES string of the molecule is CCO[C@H](C(=O)O)C(C)c1ccc(OC/C=C\C#CC2(OC)C=CC=C(OC)C2)cc1. The first kappa shape index (κ1) is 24.3. The molecule has 3 atom stereocenters. The van der Waals surface area contributed by atoms with Crippen LogP contribution < -0.4 is 4.74 Å². The molecule has 0 saturated carbocycles. The molecule has 2 unspecified atom stereocenters. The van der Waals surface area contributed by atoms with Crippen LogP contribution in [-0.4, -0.2) is 50.2 Å². The van der Waals surface area contributed by atoms with Gasteiger partial charge in [-0.1, -0.05) is 37.0 Å². The second-order valence-corrected chi connectivity index (χ2v) is 7.02. The number of carboxylic acids is 1. The predicted octanol–water partition coefficient (Wildman–Crippen LogP) is 4.09. The molecule has 0 aromatic heterocycles. The van der Waals surface area contributed by atoms with Crippen LogP contribution in [0.5, 0.6) is 5.75 Å². The summed E-state index contributed by atoms with van der Waals surface area (Å²) in [7, 11) is 3.26. The van der Waals surface area contributed by atoms with E-state index in [1.807, 2.05) is 55.5 Å². The molecule has 0 heterocycles. The van der Waals surface area contributed by atoms with E-state index in [9.17, 15) is 9.90 Å². The fourth-order valence-electron chi connectivity index (χ4n) is 3.17. The van der Waals surface area contributed by atoms with Gasteiger partial charge in [-0.25, -0.2) is 4.79 Å². The summed E-state index contributed by atoms with van der Waals surface area (Å²) in [5.41, 5.74) is 0.192. The third-order valence-corrected chi connectivity index (χ3v) is 4.99. The smallest absolute Gasteiger partial charge is 0.333 e. The van der Waals surface area contributed by atoms with E-state index >= 15 is 0 Å². The van der Waals surface area contributed by atoms with Gasteiger partial charge in [0.25, 0.3) is 0 Å². The molecule has 2 rings (SSSR count). The van der Waals surface area contributed by atoms with Gasteiger partial charge in [-0.2, -0.15) is 0 Å². The highest BCUT2D eigenvalue weighted by Crippen LogP contribution is 2.26. The largest absolute Gasteiger partial charge is 0.501 e.